The highest BCUT2D eigenvalue weighted by Crippen LogP contribution is 2.34. The zero-order valence-corrected chi connectivity index (χ0v) is 10.0. The van der Waals surface area contributed by atoms with Crippen LogP contribution in [0.3, 0.4) is 0 Å². The number of aliphatic hydroxyl groups excluding tert-OH is 1. The van der Waals surface area contributed by atoms with E-state index in [0.717, 1.165) is 10.9 Å². The number of hydrogen-bond acceptors (Lipinski definition) is 2. The Bertz CT molecular complexity index is 569. The van der Waals surface area contributed by atoms with E-state index >= 15 is 0 Å². The normalized spacial score (nSPS) is 13.8. The van der Waals surface area contributed by atoms with E-state index in [1.807, 2.05) is 19.1 Å². The fourth-order valence-corrected chi connectivity index (χ4v) is 2.07. The van der Waals surface area contributed by atoms with Crippen LogP contribution in [0.1, 0.15) is 17.2 Å². The Labute approximate surface area is 104 Å². The van der Waals surface area contributed by atoms with E-state index in [-0.39, 0.29) is 0 Å². The van der Waals surface area contributed by atoms with E-state index in [4.69, 9.17) is 10.8 Å². The van der Waals surface area contributed by atoms with Gasteiger partial charge in [-0.25, -0.2) is 8.78 Å². The Morgan fingerprint density at radius 1 is 1.17 bits per heavy atom. The van der Waals surface area contributed by atoms with Crippen LogP contribution in [0.2, 0.25) is 0 Å². The lowest BCUT2D eigenvalue weighted by Crippen LogP contribution is -2.36. The van der Waals surface area contributed by atoms with Gasteiger partial charge in [-0.2, -0.15) is 0 Å². The Morgan fingerprint density at radius 2 is 1.78 bits per heavy atom. The summed E-state index contributed by atoms with van der Waals surface area (Å²) in [5.41, 5.74) is 6.95. The summed E-state index contributed by atoms with van der Waals surface area (Å²) < 4.78 is 27.0. The number of hydrogen-bond donors (Lipinski definition) is 2. The van der Waals surface area contributed by atoms with E-state index in [1.165, 1.54) is 0 Å². The smallest absolute Gasteiger partial charge is 0.289 e. The van der Waals surface area contributed by atoms with Gasteiger partial charge in [-0.15, -0.1) is 0 Å². The number of alkyl halides is 2. The van der Waals surface area contributed by atoms with Crippen molar-refractivity contribution in [2.24, 2.45) is 5.73 Å². The zero-order valence-electron chi connectivity index (χ0n) is 10.0. The summed E-state index contributed by atoms with van der Waals surface area (Å²) in [5, 5.41) is 10.3. The molecule has 0 radical (unpaired) electrons. The summed E-state index contributed by atoms with van der Waals surface area (Å²) in [5.74, 6) is -3.32. The Morgan fingerprint density at radius 3 is 2.39 bits per heavy atom. The molecule has 96 valence electrons. The minimum atomic E-state index is -3.32. The first-order valence-corrected chi connectivity index (χ1v) is 5.70. The molecule has 2 aromatic rings. The first-order chi connectivity index (χ1) is 8.47. The van der Waals surface area contributed by atoms with Crippen molar-refractivity contribution in [1.29, 1.82) is 0 Å². The number of benzene rings is 2. The third kappa shape index (κ3) is 2.09. The van der Waals surface area contributed by atoms with Gasteiger partial charge in [-0.1, -0.05) is 36.4 Å². The number of nitrogens with two attached hydrogens (primary N) is 1. The van der Waals surface area contributed by atoms with Crippen molar-refractivity contribution in [2.75, 3.05) is 6.61 Å². The summed E-state index contributed by atoms with van der Waals surface area (Å²) in [6, 6.07) is 9.15. The second-order valence-corrected chi connectivity index (χ2v) is 4.41. The fourth-order valence-electron chi connectivity index (χ4n) is 2.07. The van der Waals surface area contributed by atoms with Crippen LogP contribution in [-0.4, -0.2) is 17.6 Å². The molecule has 0 heterocycles. The van der Waals surface area contributed by atoms with Gasteiger partial charge in [0.05, 0.1) is 6.04 Å². The maximum Gasteiger partial charge on any atom is 0.289 e. The highest BCUT2D eigenvalue weighted by molar-refractivity contribution is 5.89. The minimum absolute atomic E-state index is 0.357. The summed E-state index contributed by atoms with van der Waals surface area (Å²) in [7, 11) is 0. The third-order valence-corrected chi connectivity index (χ3v) is 3.18. The molecule has 0 unspecified atom stereocenters. The van der Waals surface area contributed by atoms with Crippen LogP contribution in [0.15, 0.2) is 36.4 Å². The molecule has 2 rings (SSSR count). The van der Waals surface area contributed by atoms with Crippen LogP contribution in [0, 0.1) is 6.92 Å². The number of aliphatic hydroxyl groups is 1. The standard InChI is InChI=1S/C14H15F2NO/c1-9-6-7-12(13(17)14(15,16)8-18)11-5-3-2-4-10(9)11/h2-7,13,18H,8,17H2,1H3/t13-/m0/s1. The lowest BCUT2D eigenvalue weighted by Gasteiger charge is -2.23. The maximum absolute atomic E-state index is 13.5. The van der Waals surface area contributed by atoms with Crippen molar-refractivity contribution in [2.45, 2.75) is 18.9 Å². The molecule has 0 aromatic heterocycles. The molecule has 0 saturated heterocycles. The molecular formula is C14H15F2NO. The van der Waals surface area contributed by atoms with Crippen molar-refractivity contribution >= 4 is 10.8 Å². The average Bonchev–Trinajstić information content (AvgIpc) is 2.39. The molecule has 2 aromatic carbocycles. The van der Waals surface area contributed by atoms with Gasteiger partial charge in [0.2, 0.25) is 0 Å². The highest BCUT2D eigenvalue weighted by atomic mass is 19.3. The van der Waals surface area contributed by atoms with Gasteiger partial charge in [-0.3, -0.25) is 0 Å². The average molecular weight is 251 g/mol. The largest absolute Gasteiger partial charge is 0.390 e. The van der Waals surface area contributed by atoms with Crippen molar-refractivity contribution < 1.29 is 13.9 Å². The fraction of sp³-hybridized carbons (Fsp3) is 0.286. The van der Waals surface area contributed by atoms with Crippen molar-refractivity contribution in [3.63, 3.8) is 0 Å². The van der Waals surface area contributed by atoms with Crippen LogP contribution in [-0.2, 0) is 0 Å². The molecule has 0 bridgehead atoms. The highest BCUT2D eigenvalue weighted by Gasteiger charge is 2.38. The number of aryl methyl sites for hydroxylation is 1. The van der Waals surface area contributed by atoms with Crippen LogP contribution in [0.5, 0.6) is 0 Å². The topological polar surface area (TPSA) is 46.2 Å². The quantitative estimate of drug-likeness (QED) is 0.881. The van der Waals surface area contributed by atoms with Gasteiger partial charge < -0.3 is 10.8 Å². The molecular weight excluding hydrogens is 236 g/mol. The summed E-state index contributed by atoms with van der Waals surface area (Å²) in [4.78, 5) is 0. The number of halogens is 2. The van der Waals surface area contributed by atoms with Gasteiger partial charge in [0, 0.05) is 0 Å². The SMILES string of the molecule is Cc1ccc([C@H](N)C(F)(F)CO)c2ccccc12. The summed E-state index contributed by atoms with van der Waals surface area (Å²) in [6.07, 6.45) is 0. The van der Waals surface area contributed by atoms with E-state index < -0.39 is 18.6 Å². The molecule has 0 amide bonds. The van der Waals surface area contributed by atoms with E-state index in [2.05, 4.69) is 0 Å². The molecule has 0 aliphatic rings. The van der Waals surface area contributed by atoms with Crippen LogP contribution in [0.25, 0.3) is 10.8 Å². The van der Waals surface area contributed by atoms with Gasteiger partial charge in [0.15, 0.2) is 0 Å². The van der Waals surface area contributed by atoms with E-state index in [1.54, 1.807) is 24.3 Å². The van der Waals surface area contributed by atoms with Gasteiger partial charge in [-0.05, 0) is 28.8 Å². The van der Waals surface area contributed by atoms with E-state index in [9.17, 15) is 8.78 Å². The molecule has 0 saturated carbocycles. The Kier molecular flexibility index (Phi) is 3.32. The van der Waals surface area contributed by atoms with Crippen LogP contribution < -0.4 is 5.73 Å². The Balaban J connectivity index is 2.62. The lowest BCUT2D eigenvalue weighted by atomic mass is 9.93. The second kappa shape index (κ2) is 4.63. The van der Waals surface area contributed by atoms with Crippen molar-refractivity contribution in [3.8, 4) is 0 Å². The molecule has 4 heteroatoms. The minimum Gasteiger partial charge on any atom is -0.390 e. The van der Waals surface area contributed by atoms with Crippen LogP contribution >= 0.6 is 0 Å². The van der Waals surface area contributed by atoms with E-state index in [0.29, 0.717) is 10.9 Å². The van der Waals surface area contributed by atoms with Crippen molar-refractivity contribution in [1.82, 2.24) is 0 Å². The number of rotatable bonds is 3. The summed E-state index contributed by atoms with van der Waals surface area (Å²) in [6.45, 7) is 0.665. The first-order valence-electron chi connectivity index (χ1n) is 5.70. The summed E-state index contributed by atoms with van der Waals surface area (Å²) >= 11 is 0. The second-order valence-electron chi connectivity index (χ2n) is 4.41. The molecule has 0 spiro atoms. The monoisotopic (exact) mass is 251 g/mol. The number of fused-ring (bicyclic) bond motifs is 1. The molecule has 1 atom stereocenters. The first kappa shape index (κ1) is 12.9. The predicted molar refractivity (Wildman–Crippen MR) is 67.6 cm³/mol. The Hall–Kier alpha value is -1.52. The van der Waals surface area contributed by atoms with Gasteiger partial charge >= 0.3 is 0 Å². The molecule has 3 N–H and O–H groups in total. The molecule has 2 nitrogen and oxygen atoms in total. The molecule has 0 aliphatic carbocycles. The van der Waals surface area contributed by atoms with Crippen molar-refractivity contribution in [3.05, 3.63) is 47.5 Å². The molecule has 0 fully saturated rings. The lowest BCUT2D eigenvalue weighted by molar-refractivity contribution is -0.0708. The van der Waals surface area contributed by atoms with Gasteiger partial charge in [0.1, 0.15) is 6.61 Å². The zero-order chi connectivity index (χ0) is 13.3. The molecule has 0 aliphatic heterocycles. The predicted octanol–water partition coefficient (Wildman–Crippen LogP) is 2.78. The van der Waals surface area contributed by atoms with Crippen LogP contribution in [0.4, 0.5) is 8.78 Å². The van der Waals surface area contributed by atoms with Gasteiger partial charge in [0.25, 0.3) is 5.92 Å². The third-order valence-electron chi connectivity index (χ3n) is 3.18. The maximum atomic E-state index is 13.5. The molecule has 18 heavy (non-hydrogen) atoms.